The van der Waals surface area contributed by atoms with Crippen LogP contribution in [0.25, 0.3) is 22.2 Å². The summed E-state index contributed by atoms with van der Waals surface area (Å²) in [5.41, 5.74) is 8.32. The fraction of sp³-hybridized carbons (Fsp3) is 0.379. The minimum Gasteiger partial charge on any atom is -0.384 e. The van der Waals surface area contributed by atoms with Crippen LogP contribution < -0.4 is 5.43 Å². The number of fused-ring (bicyclic) bond motifs is 1. The molecule has 4 aromatic rings. The summed E-state index contributed by atoms with van der Waals surface area (Å²) >= 11 is 0. The van der Waals surface area contributed by atoms with Crippen molar-refractivity contribution in [3.63, 3.8) is 0 Å². The molecule has 0 radical (unpaired) electrons. The summed E-state index contributed by atoms with van der Waals surface area (Å²) in [7, 11) is 1.72. The smallest absolute Gasteiger partial charge is 0.143 e. The number of halogens is 1. The molecule has 2 aromatic carbocycles. The van der Waals surface area contributed by atoms with Crippen LogP contribution in [0.3, 0.4) is 0 Å². The molecule has 0 bridgehead atoms. The number of H-pyrrole nitrogens is 1. The molecule has 2 unspecified atom stereocenters. The van der Waals surface area contributed by atoms with Crippen molar-refractivity contribution in [2.24, 2.45) is 5.41 Å². The Hall–Kier alpha value is -3.17. The SMILES string of the molecule is COCC1(CCc2ccccc2F)CCCN(NC(O)c2ccc3[nH]nc(-c4ccnc(C)c4)c3c2)C1. The highest BCUT2D eigenvalue weighted by molar-refractivity contribution is 5.93. The summed E-state index contributed by atoms with van der Waals surface area (Å²) in [6.45, 7) is 4.07. The lowest BCUT2D eigenvalue weighted by Crippen LogP contribution is -2.52. The van der Waals surface area contributed by atoms with Crippen LogP contribution in [0.1, 0.15) is 42.3 Å². The normalized spacial score (nSPS) is 19.4. The molecule has 194 valence electrons. The average molecular weight is 504 g/mol. The molecule has 5 rings (SSSR count). The largest absolute Gasteiger partial charge is 0.384 e. The number of nitrogens with one attached hydrogen (secondary N) is 2. The van der Waals surface area contributed by atoms with E-state index in [2.05, 4.69) is 25.6 Å². The average Bonchev–Trinajstić information content (AvgIpc) is 3.32. The number of piperidine rings is 1. The first-order valence-corrected chi connectivity index (χ1v) is 12.8. The molecule has 3 N–H and O–H groups in total. The molecule has 0 amide bonds. The van der Waals surface area contributed by atoms with Crippen molar-refractivity contribution in [2.45, 2.75) is 38.8 Å². The lowest BCUT2D eigenvalue weighted by Gasteiger charge is -2.43. The summed E-state index contributed by atoms with van der Waals surface area (Å²) in [5.74, 6) is -0.160. The third-order valence-electron chi connectivity index (χ3n) is 7.37. The summed E-state index contributed by atoms with van der Waals surface area (Å²) < 4.78 is 19.9. The Labute approximate surface area is 216 Å². The van der Waals surface area contributed by atoms with Crippen molar-refractivity contribution < 1.29 is 14.2 Å². The Morgan fingerprint density at radius 3 is 2.89 bits per heavy atom. The Kier molecular flexibility index (Phi) is 7.62. The van der Waals surface area contributed by atoms with Gasteiger partial charge in [-0.25, -0.2) is 14.8 Å². The molecule has 0 aliphatic carbocycles. The number of benzene rings is 2. The molecule has 37 heavy (non-hydrogen) atoms. The van der Waals surface area contributed by atoms with Gasteiger partial charge < -0.3 is 9.84 Å². The highest BCUT2D eigenvalue weighted by Gasteiger charge is 2.36. The molecule has 1 aliphatic rings. The van der Waals surface area contributed by atoms with E-state index in [-0.39, 0.29) is 11.2 Å². The van der Waals surface area contributed by atoms with Crippen LogP contribution in [0, 0.1) is 18.2 Å². The maximum absolute atomic E-state index is 14.2. The van der Waals surface area contributed by atoms with Crippen LogP contribution >= 0.6 is 0 Å². The summed E-state index contributed by atoms with van der Waals surface area (Å²) in [6, 6.07) is 16.7. The lowest BCUT2D eigenvalue weighted by molar-refractivity contribution is -0.0473. The molecular formula is C29H34FN5O2. The zero-order valence-corrected chi connectivity index (χ0v) is 21.4. The molecule has 2 atom stereocenters. The highest BCUT2D eigenvalue weighted by Crippen LogP contribution is 2.35. The van der Waals surface area contributed by atoms with Gasteiger partial charge in [0.1, 0.15) is 17.7 Å². The number of nitrogens with zero attached hydrogens (tertiary/aromatic N) is 3. The van der Waals surface area contributed by atoms with Crippen LogP contribution in [-0.2, 0) is 11.2 Å². The van der Waals surface area contributed by atoms with Gasteiger partial charge in [-0.3, -0.25) is 10.1 Å². The fourth-order valence-corrected chi connectivity index (χ4v) is 5.48. The van der Waals surface area contributed by atoms with Gasteiger partial charge in [-0.2, -0.15) is 5.10 Å². The topological polar surface area (TPSA) is 86.3 Å². The molecule has 1 aliphatic heterocycles. The van der Waals surface area contributed by atoms with Crippen LogP contribution in [0.15, 0.2) is 60.8 Å². The quantitative estimate of drug-likeness (QED) is 0.281. The van der Waals surface area contributed by atoms with E-state index in [1.54, 1.807) is 19.4 Å². The van der Waals surface area contributed by atoms with Gasteiger partial charge in [0.15, 0.2) is 0 Å². The van der Waals surface area contributed by atoms with E-state index in [1.807, 2.05) is 49.4 Å². The Balaban J connectivity index is 1.31. The van der Waals surface area contributed by atoms with Crippen molar-refractivity contribution in [3.8, 4) is 11.3 Å². The molecule has 0 saturated carbocycles. The van der Waals surface area contributed by atoms with Crippen molar-refractivity contribution in [2.75, 3.05) is 26.8 Å². The molecule has 1 fully saturated rings. The standard InChI is InChI=1S/C29H34FN5O2/c1-20-16-22(11-14-31-20)27-24-17-23(8-9-26(24)32-33-27)28(36)34-35-15-5-12-29(18-35,19-37-2)13-10-21-6-3-4-7-25(21)30/h3-4,6-9,11,14,16-17,28,34,36H,5,10,12-13,15,18-19H2,1-2H3,(H,32,33). The van der Waals surface area contributed by atoms with Gasteiger partial charge in [0.2, 0.25) is 0 Å². The van der Waals surface area contributed by atoms with Gasteiger partial charge in [-0.15, -0.1) is 0 Å². The Morgan fingerprint density at radius 1 is 1.22 bits per heavy atom. The number of aliphatic hydroxyl groups excluding tert-OH is 1. The third kappa shape index (κ3) is 5.72. The van der Waals surface area contributed by atoms with Gasteiger partial charge in [-0.05, 0) is 74.1 Å². The third-order valence-corrected chi connectivity index (χ3v) is 7.37. The van der Waals surface area contributed by atoms with E-state index in [0.717, 1.165) is 64.8 Å². The number of aliphatic hydroxyl groups is 1. The Morgan fingerprint density at radius 2 is 2.08 bits per heavy atom. The number of hydrogen-bond acceptors (Lipinski definition) is 6. The molecule has 1 saturated heterocycles. The molecule has 8 heteroatoms. The number of ether oxygens (including phenoxy) is 1. The zero-order chi connectivity index (χ0) is 25.8. The van der Waals surface area contributed by atoms with Crippen LogP contribution in [-0.4, -0.2) is 52.1 Å². The second-order valence-electron chi connectivity index (χ2n) is 10.1. The first kappa shape index (κ1) is 25.5. The Bertz CT molecular complexity index is 1360. The summed E-state index contributed by atoms with van der Waals surface area (Å²) in [4.78, 5) is 4.28. The van der Waals surface area contributed by atoms with Gasteiger partial charge in [0.05, 0.1) is 12.1 Å². The molecule has 7 nitrogen and oxygen atoms in total. The number of aromatic nitrogens is 3. The van der Waals surface area contributed by atoms with Gasteiger partial charge >= 0.3 is 0 Å². The van der Waals surface area contributed by atoms with E-state index in [9.17, 15) is 9.50 Å². The minimum absolute atomic E-state index is 0.122. The first-order chi connectivity index (χ1) is 18.0. The monoisotopic (exact) mass is 503 g/mol. The van der Waals surface area contributed by atoms with Gasteiger partial charge in [0.25, 0.3) is 0 Å². The van der Waals surface area contributed by atoms with E-state index >= 15 is 0 Å². The number of aryl methyl sites for hydroxylation is 2. The molecular weight excluding hydrogens is 469 g/mol. The van der Waals surface area contributed by atoms with Crippen molar-refractivity contribution in [3.05, 3.63) is 83.4 Å². The van der Waals surface area contributed by atoms with E-state index < -0.39 is 6.23 Å². The second-order valence-corrected chi connectivity index (χ2v) is 10.1. The van der Waals surface area contributed by atoms with Crippen LogP contribution in [0.2, 0.25) is 0 Å². The van der Waals surface area contributed by atoms with E-state index in [1.165, 1.54) is 6.07 Å². The number of aromatic amines is 1. The van der Waals surface area contributed by atoms with Gasteiger partial charge in [0, 0.05) is 48.5 Å². The van der Waals surface area contributed by atoms with Crippen molar-refractivity contribution >= 4 is 10.9 Å². The van der Waals surface area contributed by atoms with E-state index in [0.29, 0.717) is 19.6 Å². The number of hydrazine groups is 1. The highest BCUT2D eigenvalue weighted by atomic mass is 19.1. The predicted molar refractivity (Wildman–Crippen MR) is 142 cm³/mol. The maximum Gasteiger partial charge on any atom is 0.143 e. The zero-order valence-electron chi connectivity index (χ0n) is 21.4. The molecule has 3 heterocycles. The van der Waals surface area contributed by atoms with E-state index in [4.69, 9.17) is 4.74 Å². The number of methoxy groups -OCH3 is 1. The van der Waals surface area contributed by atoms with Crippen molar-refractivity contribution in [1.29, 1.82) is 0 Å². The first-order valence-electron chi connectivity index (χ1n) is 12.8. The maximum atomic E-state index is 14.2. The number of hydrogen-bond donors (Lipinski definition) is 3. The number of rotatable bonds is 9. The predicted octanol–water partition coefficient (Wildman–Crippen LogP) is 4.93. The summed E-state index contributed by atoms with van der Waals surface area (Å²) in [5, 5.41) is 21.8. The lowest BCUT2D eigenvalue weighted by atomic mass is 9.76. The van der Waals surface area contributed by atoms with Crippen LogP contribution in [0.4, 0.5) is 4.39 Å². The molecule has 2 aromatic heterocycles. The molecule has 0 spiro atoms. The summed E-state index contributed by atoms with van der Waals surface area (Å²) in [6.07, 6.45) is 4.33. The van der Waals surface area contributed by atoms with Crippen LogP contribution in [0.5, 0.6) is 0 Å². The van der Waals surface area contributed by atoms with Gasteiger partial charge in [-0.1, -0.05) is 24.3 Å². The second kappa shape index (κ2) is 11.1. The fourth-order valence-electron chi connectivity index (χ4n) is 5.48. The van der Waals surface area contributed by atoms with Crippen molar-refractivity contribution in [1.82, 2.24) is 25.6 Å². The number of pyridine rings is 1. The minimum atomic E-state index is -0.878.